The van der Waals surface area contributed by atoms with Crippen LogP contribution >= 0.6 is 0 Å². The van der Waals surface area contributed by atoms with Gasteiger partial charge in [-0.15, -0.1) is 0 Å². The third-order valence-electron chi connectivity index (χ3n) is 6.86. The van der Waals surface area contributed by atoms with Gasteiger partial charge >= 0.3 is 0 Å². The van der Waals surface area contributed by atoms with Crippen LogP contribution in [0.15, 0.2) is 23.1 Å². The molecule has 1 aromatic rings. The number of allylic oxidation sites excluding steroid dienone is 2. The van der Waals surface area contributed by atoms with E-state index in [0.29, 0.717) is 18.1 Å². The molecule has 2 aliphatic heterocycles. The van der Waals surface area contributed by atoms with E-state index in [2.05, 4.69) is 40.9 Å². The summed E-state index contributed by atoms with van der Waals surface area (Å²) in [6, 6.07) is 1.72. The van der Waals surface area contributed by atoms with Gasteiger partial charge in [0.2, 0.25) is 0 Å². The van der Waals surface area contributed by atoms with E-state index in [1.807, 2.05) is 0 Å². The molecule has 3 heterocycles. The number of pyridine rings is 1. The van der Waals surface area contributed by atoms with Gasteiger partial charge in [0.05, 0.1) is 0 Å². The van der Waals surface area contributed by atoms with Gasteiger partial charge in [0.15, 0.2) is 0 Å². The summed E-state index contributed by atoms with van der Waals surface area (Å²) in [6.45, 7) is 0. The van der Waals surface area contributed by atoms with Crippen molar-refractivity contribution in [3.05, 3.63) is 44.7 Å². The minimum atomic E-state index is 0.244. The Bertz CT molecular complexity index is 878. The minimum Gasteiger partial charge on any atom is -0.312 e. The molecule has 0 spiro atoms. The second-order valence-electron chi connectivity index (χ2n) is 8.09. The van der Waals surface area contributed by atoms with Crippen molar-refractivity contribution in [2.45, 2.75) is 69.5 Å². The topological polar surface area (TPSA) is 25.2 Å². The molecule has 0 amide bonds. The highest BCUT2D eigenvalue weighted by molar-refractivity contribution is 5.56. The molecule has 1 aromatic heterocycles. The molecule has 0 saturated carbocycles. The molecule has 3 heteroatoms. The molecule has 0 N–H and O–H groups in total. The first-order chi connectivity index (χ1) is 11.7. The molecule has 126 valence electrons. The average molecular weight is 322 g/mol. The molecule has 3 atom stereocenters. The fourth-order valence-corrected chi connectivity index (χ4v) is 5.55. The predicted octanol–water partition coefficient (Wildman–Crippen LogP) is 1.87. The van der Waals surface area contributed by atoms with E-state index < -0.39 is 0 Å². The van der Waals surface area contributed by atoms with E-state index in [9.17, 15) is 4.79 Å². The zero-order valence-corrected chi connectivity index (χ0v) is 14.5. The number of piperidine rings is 1. The first-order valence-electron chi connectivity index (χ1n) is 9.57. The van der Waals surface area contributed by atoms with Crippen LogP contribution in [0.2, 0.25) is 0 Å². The lowest BCUT2D eigenvalue weighted by Crippen LogP contribution is -2.51. The maximum absolute atomic E-state index is 13.3. The lowest BCUT2D eigenvalue weighted by Gasteiger charge is -2.37. The van der Waals surface area contributed by atoms with E-state index in [1.165, 1.54) is 35.6 Å². The summed E-state index contributed by atoms with van der Waals surface area (Å²) in [5.74, 6) is 0. The van der Waals surface area contributed by atoms with E-state index in [-0.39, 0.29) is 5.56 Å². The van der Waals surface area contributed by atoms with E-state index in [1.54, 1.807) is 0 Å². The van der Waals surface area contributed by atoms with Gasteiger partial charge in [0.1, 0.15) is 0 Å². The molecule has 0 aromatic carbocycles. The summed E-state index contributed by atoms with van der Waals surface area (Å²) in [6.07, 6.45) is 18.0. The van der Waals surface area contributed by atoms with Crippen molar-refractivity contribution >= 4 is 11.6 Å². The molecular formula is C21H26N2O. The van der Waals surface area contributed by atoms with Crippen molar-refractivity contribution in [3.63, 3.8) is 0 Å². The summed E-state index contributed by atoms with van der Waals surface area (Å²) in [5, 5.41) is 2.26. The summed E-state index contributed by atoms with van der Waals surface area (Å²) in [4.78, 5) is 15.8. The average Bonchev–Trinajstić information content (AvgIpc) is 2.80. The van der Waals surface area contributed by atoms with E-state index >= 15 is 0 Å². The fraction of sp³-hybridized carbons (Fsp3) is 0.571. The van der Waals surface area contributed by atoms with Crippen LogP contribution in [0.1, 0.15) is 56.6 Å². The maximum atomic E-state index is 13.3. The lowest BCUT2D eigenvalue weighted by molar-refractivity contribution is 0.135. The van der Waals surface area contributed by atoms with Gasteiger partial charge in [-0.2, -0.15) is 0 Å². The first kappa shape index (κ1) is 14.7. The Hall–Kier alpha value is -1.61. The Kier molecular flexibility index (Phi) is 3.34. The molecule has 24 heavy (non-hydrogen) atoms. The Balaban J connectivity index is 1.69. The molecule has 5 rings (SSSR count). The third kappa shape index (κ3) is 2.10. The molecule has 0 radical (unpaired) electrons. The quantitative estimate of drug-likeness (QED) is 0.789. The van der Waals surface area contributed by atoms with Crippen LogP contribution in [-0.2, 0) is 6.42 Å². The Morgan fingerprint density at radius 1 is 1.08 bits per heavy atom. The highest BCUT2D eigenvalue weighted by Gasteiger charge is 2.39. The molecule has 3 nitrogen and oxygen atoms in total. The standard InChI is InChI=1S/C21H26N2O/c1-22-16-9-10-17(22)12-18(11-16)23-13-15-7-4-6-14-5-2-3-8-19(20(14)15)21(23)24/h2-3,8,13,16-18H,4-7,9-12H2,1H3/t16-,17+,18+. The summed E-state index contributed by atoms with van der Waals surface area (Å²) >= 11 is 0. The van der Waals surface area contributed by atoms with Crippen LogP contribution in [0.5, 0.6) is 0 Å². The van der Waals surface area contributed by atoms with E-state index in [0.717, 1.165) is 37.3 Å². The Labute approximate surface area is 143 Å². The van der Waals surface area contributed by atoms with Gasteiger partial charge in [0, 0.05) is 29.5 Å². The van der Waals surface area contributed by atoms with Crippen LogP contribution in [-0.4, -0.2) is 28.6 Å². The van der Waals surface area contributed by atoms with Gasteiger partial charge in [-0.25, -0.2) is 0 Å². The van der Waals surface area contributed by atoms with Gasteiger partial charge in [0.25, 0.3) is 5.56 Å². The normalized spacial score (nSPS) is 31.5. The molecule has 0 unspecified atom stereocenters. The highest BCUT2D eigenvalue weighted by atomic mass is 16.1. The van der Waals surface area contributed by atoms with Crippen LogP contribution in [0.4, 0.5) is 0 Å². The number of rotatable bonds is 1. The number of hydrogen-bond acceptors (Lipinski definition) is 2. The maximum Gasteiger partial charge on any atom is 0.258 e. The molecule has 2 saturated heterocycles. The second kappa shape index (κ2) is 5.45. The number of nitrogens with zero attached hydrogens (tertiary/aromatic N) is 2. The van der Waals surface area contributed by atoms with Crippen LogP contribution in [0.3, 0.4) is 0 Å². The van der Waals surface area contributed by atoms with Gasteiger partial charge in [-0.1, -0.05) is 17.7 Å². The lowest BCUT2D eigenvalue weighted by atomic mass is 9.91. The number of aryl methyl sites for hydroxylation is 1. The molecule has 4 aliphatic rings. The number of fused-ring (bicyclic) bond motifs is 2. The minimum absolute atomic E-state index is 0.244. The molecular weight excluding hydrogens is 296 g/mol. The SMILES string of the molecule is CN1[C@@H]2CC[C@H]1C[C@@H](n1cc3c4c(c1=O)=CC=CCC=4CCC3)C2. The summed E-state index contributed by atoms with van der Waals surface area (Å²) in [5.41, 5.74) is 3.13. The fourth-order valence-electron chi connectivity index (χ4n) is 5.55. The molecule has 2 bridgehead atoms. The van der Waals surface area contributed by atoms with Gasteiger partial charge < -0.3 is 9.47 Å². The molecule has 2 aliphatic carbocycles. The van der Waals surface area contributed by atoms with E-state index in [4.69, 9.17) is 0 Å². The Morgan fingerprint density at radius 2 is 1.88 bits per heavy atom. The summed E-state index contributed by atoms with van der Waals surface area (Å²) < 4.78 is 2.12. The van der Waals surface area contributed by atoms with Crippen molar-refractivity contribution < 1.29 is 0 Å². The predicted molar refractivity (Wildman–Crippen MR) is 97.4 cm³/mol. The zero-order valence-electron chi connectivity index (χ0n) is 14.5. The van der Waals surface area contributed by atoms with Gasteiger partial charge in [-0.3, -0.25) is 4.79 Å². The second-order valence-corrected chi connectivity index (χ2v) is 8.09. The van der Waals surface area contributed by atoms with Crippen LogP contribution < -0.4 is 16.0 Å². The van der Waals surface area contributed by atoms with Crippen molar-refractivity contribution in [3.8, 4) is 0 Å². The summed E-state index contributed by atoms with van der Waals surface area (Å²) in [7, 11) is 2.27. The smallest absolute Gasteiger partial charge is 0.258 e. The largest absolute Gasteiger partial charge is 0.312 e. The molecule has 2 fully saturated rings. The number of aromatic nitrogens is 1. The Morgan fingerprint density at radius 3 is 2.67 bits per heavy atom. The van der Waals surface area contributed by atoms with Crippen LogP contribution in [0.25, 0.3) is 11.6 Å². The van der Waals surface area contributed by atoms with Crippen molar-refractivity contribution in [2.24, 2.45) is 0 Å². The van der Waals surface area contributed by atoms with Crippen molar-refractivity contribution in [1.82, 2.24) is 9.47 Å². The highest BCUT2D eigenvalue weighted by Crippen LogP contribution is 2.39. The zero-order chi connectivity index (χ0) is 16.3. The van der Waals surface area contributed by atoms with Crippen LogP contribution in [0, 0.1) is 0 Å². The monoisotopic (exact) mass is 322 g/mol. The van der Waals surface area contributed by atoms with Gasteiger partial charge in [-0.05, 0) is 75.3 Å². The van der Waals surface area contributed by atoms with Crippen molar-refractivity contribution in [1.29, 1.82) is 0 Å². The first-order valence-corrected chi connectivity index (χ1v) is 9.57. The third-order valence-corrected chi connectivity index (χ3v) is 6.86. The number of hydrogen-bond donors (Lipinski definition) is 0. The van der Waals surface area contributed by atoms with Crippen molar-refractivity contribution in [2.75, 3.05) is 7.05 Å².